The molecule has 0 aliphatic rings. The molecule has 0 aliphatic heterocycles. The third kappa shape index (κ3) is 6.15. The fraction of sp³-hybridized carbons (Fsp3) is 0.294. The highest BCUT2D eigenvalue weighted by Crippen LogP contribution is 2.22. The molecule has 0 radical (unpaired) electrons. The van der Waals surface area contributed by atoms with Gasteiger partial charge in [-0.2, -0.15) is 4.98 Å². The van der Waals surface area contributed by atoms with Gasteiger partial charge in [0.15, 0.2) is 11.8 Å². The van der Waals surface area contributed by atoms with Crippen molar-refractivity contribution in [3.8, 4) is 11.6 Å². The van der Waals surface area contributed by atoms with Gasteiger partial charge in [-0.3, -0.25) is 9.98 Å². The van der Waals surface area contributed by atoms with E-state index >= 15 is 0 Å². The van der Waals surface area contributed by atoms with Gasteiger partial charge in [-0.25, -0.2) is 0 Å². The van der Waals surface area contributed by atoms with Crippen molar-refractivity contribution in [3.05, 3.63) is 51.6 Å². The van der Waals surface area contributed by atoms with Crippen molar-refractivity contribution in [2.45, 2.75) is 13.0 Å². The first-order valence-corrected chi connectivity index (χ1v) is 9.25. The van der Waals surface area contributed by atoms with Crippen molar-refractivity contribution in [2.75, 3.05) is 20.6 Å². The molecule has 0 saturated carbocycles. The van der Waals surface area contributed by atoms with Crippen LogP contribution in [0.4, 0.5) is 0 Å². The van der Waals surface area contributed by atoms with Crippen LogP contribution < -0.4 is 5.32 Å². The summed E-state index contributed by atoms with van der Waals surface area (Å²) in [6, 6.07) is 9.49. The van der Waals surface area contributed by atoms with E-state index in [1.165, 1.54) is 4.88 Å². The number of pyridine rings is 1. The van der Waals surface area contributed by atoms with Gasteiger partial charge in [0.2, 0.25) is 0 Å². The van der Waals surface area contributed by atoms with Crippen LogP contribution in [-0.2, 0) is 13.0 Å². The molecule has 3 heterocycles. The molecule has 3 aromatic heterocycles. The average molecular weight is 519 g/mol. The molecule has 0 bridgehead atoms. The quantitative estimate of drug-likeness (QED) is 0.304. The summed E-state index contributed by atoms with van der Waals surface area (Å²) in [5, 5.41) is 7.30. The molecule has 27 heavy (non-hydrogen) atoms. The third-order valence-electron chi connectivity index (χ3n) is 3.58. The van der Waals surface area contributed by atoms with Crippen LogP contribution in [0.1, 0.15) is 10.7 Å². The number of nitrogens with one attached hydrogen (secondary N) is 1. The van der Waals surface area contributed by atoms with Gasteiger partial charge >= 0.3 is 0 Å². The summed E-state index contributed by atoms with van der Waals surface area (Å²) in [5.74, 6) is 1.85. The Bertz CT molecular complexity index is 869. The number of hydrogen-bond donors (Lipinski definition) is 1. The summed E-state index contributed by atoms with van der Waals surface area (Å²) in [5.41, 5.74) is 0.671. The predicted molar refractivity (Wildman–Crippen MR) is 119 cm³/mol. The van der Waals surface area contributed by atoms with Crippen LogP contribution >= 0.6 is 46.9 Å². The molecule has 1 N–H and O–H groups in total. The maximum absolute atomic E-state index is 5.98. The van der Waals surface area contributed by atoms with E-state index in [1.54, 1.807) is 24.6 Å². The number of hydrogen-bond acceptors (Lipinski definition) is 6. The minimum Gasteiger partial charge on any atom is -0.356 e. The lowest BCUT2D eigenvalue weighted by Crippen LogP contribution is -2.39. The van der Waals surface area contributed by atoms with Crippen LogP contribution in [-0.4, -0.2) is 46.6 Å². The fourth-order valence-electron chi connectivity index (χ4n) is 2.37. The second-order valence-corrected chi connectivity index (χ2v) is 7.32. The third-order valence-corrected chi connectivity index (χ3v) is 4.79. The maximum Gasteiger partial charge on any atom is 0.276 e. The molecular formula is C17H20ClIN6OS. The molecule has 0 spiro atoms. The number of halogens is 2. The van der Waals surface area contributed by atoms with E-state index in [2.05, 4.69) is 25.4 Å². The Kier molecular flexibility index (Phi) is 8.45. The van der Waals surface area contributed by atoms with Gasteiger partial charge in [0.05, 0.1) is 10.9 Å². The highest BCUT2D eigenvalue weighted by molar-refractivity contribution is 14.0. The fourth-order valence-corrected chi connectivity index (χ4v) is 3.51. The lowest BCUT2D eigenvalue weighted by molar-refractivity contribution is 0.420. The minimum absolute atomic E-state index is 0. The number of guanidine groups is 1. The number of aromatic nitrogens is 3. The van der Waals surface area contributed by atoms with Gasteiger partial charge < -0.3 is 14.7 Å². The Morgan fingerprint density at radius 1 is 1.33 bits per heavy atom. The molecule has 0 aromatic carbocycles. The summed E-state index contributed by atoms with van der Waals surface area (Å²) >= 11 is 7.55. The first kappa shape index (κ1) is 21.6. The second kappa shape index (κ2) is 10.6. The van der Waals surface area contributed by atoms with E-state index < -0.39 is 0 Å². The molecule has 10 heteroatoms. The van der Waals surface area contributed by atoms with Gasteiger partial charge in [0.25, 0.3) is 5.89 Å². The van der Waals surface area contributed by atoms with E-state index in [4.69, 9.17) is 16.1 Å². The van der Waals surface area contributed by atoms with E-state index in [1.807, 2.05) is 42.3 Å². The topological polar surface area (TPSA) is 79.4 Å². The first-order chi connectivity index (χ1) is 12.7. The monoisotopic (exact) mass is 518 g/mol. The average Bonchev–Trinajstić information content (AvgIpc) is 3.28. The van der Waals surface area contributed by atoms with Gasteiger partial charge in [0, 0.05) is 38.1 Å². The van der Waals surface area contributed by atoms with Crippen molar-refractivity contribution in [3.63, 3.8) is 0 Å². The Morgan fingerprint density at radius 2 is 2.19 bits per heavy atom. The van der Waals surface area contributed by atoms with Crippen LogP contribution in [0.2, 0.25) is 4.34 Å². The van der Waals surface area contributed by atoms with Crippen LogP contribution in [0, 0.1) is 0 Å². The van der Waals surface area contributed by atoms with E-state index in [0.29, 0.717) is 30.4 Å². The molecule has 0 saturated heterocycles. The number of rotatable bonds is 6. The molecule has 0 aliphatic carbocycles. The van der Waals surface area contributed by atoms with Crippen LogP contribution in [0.15, 0.2) is 46.0 Å². The van der Waals surface area contributed by atoms with Crippen molar-refractivity contribution in [1.82, 2.24) is 25.3 Å². The van der Waals surface area contributed by atoms with Crippen molar-refractivity contribution < 1.29 is 4.52 Å². The van der Waals surface area contributed by atoms with Gasteiger partial charge in [-0.05, 0) is 24.3 Å². The van der Waals surface area contributed by atoms with Crippen molar-refractivity contribution in [2.24, 2.45) is 4.99 Å². The molecule has 0 unspecified atom stereocenters. The van der Waals surface area contributed by atoms with Crippen LogP contribution in [0.25, 0.3) is 11.6 Å². The van der Waals surface area contributed by atoms with Crippen LogP contribution in [0.3, 0.4) is 0 Å². The van der Waals surface area contributed by atoms with Crippen molar-refractivity contribution in [1.29, 1.82) is 0 Å². The zero-order valence-corrected chi connectivity index (χ0v) is 18.8. The number of thiophene rings is 1. The minimum atomic E-state index is 0. The lowest BCUT2D eigenvalue weighted by Gasteiger charge is -2.21. The SMILES string of the molecule is CN=C(NCCc1noc(-c2ccccn2)n1)N(C)Cc1ccc(Cl)s1.I. The molecule has 0 atom stereocenters. The summed E-state index contributed by atoms with van der Waals surface area (Å²) in [4.78, 5) is 16.1. The Hall–Kier alpha value is -1.72. The highest BCUT2D eigenvalue weighted by Gasteiger charge is 2.11. The Morgan fingerprint density at radius 3 is 2.85 bits per heavy atom. The second-order valence-electron chi connectivity index (χ2n) is 5.52. The molecule has 0 amide bonds. The predicted octanol–water partition coefficient (Wildman–Crippen LogP) is 3.71. The molecule has 3 aromatic rings. The Labute approximate surface area is 183 Å². The summed E-state index contributed by atoms with van der Waals surface area (Å²) in [6.07, 6.45) is 2.31. The summed E-state index contributed by atoms with van der Waals surface area (Å²) in [6.45, 7) is 1.38. The maximum atomic E-state index is 5.98. The summed E-state index contributed by atoms with van der Waals surface area (Å²) in [7, 11) is 3.74. The lowest BCUT2D eigenvalue weighted by atomic mass is 10.3. The number of aliphatic imine (C=N–C) groups is 1. The molecule has 7 nitrogen and oxygen atoms in total. The zero-order valence-electron chi connectivity index (χ0n) is 14.9. The van der Waals surface area contributed by atoms with E-state index in [9.17, 15) is 0 Å². The number of nitrogens with zero attached hydrogens (tertiary/aromatic N) is 5. The van der Waals surface area contributed by atoms with Crippen LogP contribution in [0.5, 0.6) is 0 Å². The Balaban J connectivity index is 0.00000261. The molecule has 144 valence electrons. The van der Waals surface area contributed by atoms with Crippen molar-refractivity contribution >= 4 is 52.9 Å². The standard InChI is InChI=1S/C17H19ClN6OS.HI/c1-19-17(24(2)11-12-6-7-14(18)26-12)21-10-8-15-22-16(25-23-15)13-5-3-4-9-20-13;/h3-7,9H,8,10-11H2,1-2H3,(H,19,21);1H. The normalized spacial score (nSPS) is 11.1. The molecule has 0 fully saturated rings. The first-order valence-electron chi connectivity index (χ1n) is 8.05. The highest BCUT2D eigenvalue weighted by atomic mass is 127. The largest absolute Gasteiger partial charge is 0.356 e. The van der Waals surface area contributed by atoms with Gasteiger partial charge in [0.1, 0.15) is 5.69 Å². The van der Waals surface area contributed by atoms with Gasteiger partial charge in [-0.1, -0.05) is 22.8 Å². The summed E-state index contributed by atoms with van der Waals surface area (Å²) < 4.78 is 6.05. The van der Waals surface area contributed by atoms with E-state index in [0.717, 1.165) is 16.8 Å². The molecule has 3 rings (SSSR count). The zero-order chi connectivity index (χ0) is 18.4. The smallest absolute Gasteiger partial charge is 0.276 e. The molecular weight excluding hydrogens is 499 g/mol. The van der Waals surface area contributed by atoms with Gasteiger partial charge in [-0.15, -0.1) is 35.3 Å². The van der Waals surface area contributed by atoms with E-state index in [-0.39, 0.29) is 24.0 Å².